The zero-order valence-corrected chi connectivity index (χ0v) is 13.0. The minimum Gasteiger partial charge on any atom is -0.310 e. The Hall–Kier alpha value is -1.33. The zero-order valence-electron chi connectivity index (χ0n) is 12.2. The van der Waals surface area contributed by atoms with Gasteiger partial charge in [-0.2, -0.15) is 0 Å². The van der Waals surface area contributed by atoms with E-state index in [1.807, 2.05) is 17.9 Å². The predicted octanol–water partition coefficient (Wildman–Crippen LogP) is 3.22. The Morgan fingerprint density at radius 2 is 2.25 bits per heavy atom. The molecule has 0 radical (unpaired) electrons. The van der Waals surface area contributed by atoms with E-state index in [9.17, 15) is 0 Å². The third-order valence-electron chi connectivity index (χ3n) is 3.78. The molecule has 0 fully saturated rings. The van der Waals surface area contributed by atoms with Crippen molar-refractivity contribution in [3.8, 4) is 10.7 Å². The Balaban J connectivity index is 2.01. The fourth-order valence-electron chi connectivity index (χ4n) is 2.92. The van der Waals surface area contributed by atoms with Gasteiger partial charge in [0.2, 0.25) is 0 Å². The first-order valence-corrected chi connectivity index (χ1v) is 7.95. The molecule has 3 rings (SSSR count). The van der Waals surface area contributed by atoms with Crippen molar-refractivity contribution in [3.63, 3.8) is 0 Å². The summed E-state index contributed by atoms with van der Waals surface area (Å²) in [6, 6.07) is 0.370. The van der Waals surface area contributed by atoms with Gasteiger partial charge in [-0.05, 0) is 24.8 Å². The summed E-state index contributed by atoms with van der Waals surface area (Å²) < 4.78 is 0. The summed E-state index contributed by atoms with van der Waals surface area (Å²) >= 11 is 1.59. The maximum atomic E-state index is 4.80. The van der Waals surface area contributed by atoms with E-state index >= 15 is 0 Å². The average molecular weight is 288 g/mol. The summed E-state index contributed by atoms with van der Waals surface area (Å²) in [5.41, 5.74) is 4.55. The van der Waals surface area contributed by atoms with Crippen molar-refractivity contribution < 1.29 is 0 Å². The van der Waals surface area contributed by atoms with Gasteiger partial charge >= 0.3 is 0 Å². The Morgan fingerprint density at radius 3 is 2.95 bits per heavy atom. The Kier molecular flexibility index (Phi) is 3.56. The van der Waals surface area contributed by atoms with Crippen molar-refractivity contribution in [1.82, 2.24) is 20.3 Å². The van der Waals surface area contributed by atoms with E-state index in [4.69, 9.17) is 4.98 Å². The monoisotopic (exact) mass is 288 g/mol. The van der Waals surface area contributed by atoms with Gasteiger partial charge in [0.25, 0.3) is 0 Å². The molecule has 1 N–H and O–H groups in total. The molecule has 0 amide bonds. The number of aromatic nitrogens is 3. The molecule has 106 valence electrons. The number of nitrogens with one attached hydrogen (secondary N) is 1. The summed E-state index contributed by atoms with van der Waals surface area (Å²) in [4.78, 5) is 14.5. The molecule has 0 saturated heterocycles. The lowest BCUT2D eigenvalue weighted by molar-refractivity contribution is 0.255. The normalized spacial score (nSPS) is 20.6. The minimum absolute atomic E-state index is 0.277. The average Bonchev–Trinajstić information content (AvgIpc) is 2.90. The fourth-order valence-corrected chi connectivity index (χ4v) is 3.48. The highest BCUT2D eigenvalue weighted by molar-refractivity contribution is 7.13. The largest absolute Gasteiger partial charge is 0.310 e. The van der Waals surface area contributed by atoms with E-state index in [2.05, 4.69) is 36.1 Å². The molecule has 0 aromatic carbocycles. The highest BCUT2D eigenvalue weighted by Gasteiger charge is 2.33. The lowest BCUT2D eigenvalue weighted by Crippen LogP contribution is -2.34. The van der Waals surface area contributed by atoms with E-state index < -0.39 is 0 Å². The molecule has 2 aromatic rings. The van der Waals surface area contributed by atoms with Gasteiger partial charge in [0.15, 0.2) is 5.82 Å². The predicted molar refractivity (Wildman–Crippen MR) is 81.7 cm³/mol. The van der Waals surface area contributed by atoms with E-state index in [1.54, 1.807) is 11.3 Å². The summed E-state index contributed by atoms with van der Waals surface area (Å²) in [5.74, 6) is 0.805. The molecular weight excluding hydrogens is 268 g/mol. The summed E-state index contributed by atoms with van der Waals surface area (Å²) in [5, 5.41) is 3.56. The zero-order chi connectivity index (χ0) is 14.2. The van der Waals surface area contributed by atoms with Crippen molar-refractivity contribution in [2.45, 2.75) is 39.7 Å². The number of fused-ring (bicyclic) bond motifs is 1. The van der Waals surface area contributed by atoms with E-state index in [-0.39, 0.29) is 5.41 Å². The van der Waals surface area contributed by atoms with E-state index in [1.165, 1.54) is 11.3 Å². The van der Waals surface area contributed by atoms with Gasteiger partial charge in [0, 0.05) is 29.7 Å². The van der Waals surface area contributed by atoms with Gasteiger partial charge in [-0.3, -0.25) is 4.98 Å². The SMILES string of the molecule is CCNC1CC(C)(C)Cc2nc(-c3cncs3)ncc21. The molecule has 0 spiro atoms. The molecule has 1 aliphatic carbocycles. The number of nitrogens with zero attached hydrogens (tertiary/aromatic N) is 3. The van der Waals surface area contributed by atoms with Crippen molar-refractivity contribution in [2.75, 3.05) is 6.54 Å². The number of thiazole rings is 1. The van der Waals surface area contributed by atoms with Crippen LogP contribution in [0, 0.1) is 5.41 Å². The maximum absolute atomic E-state index is 4.80. The quantitative estimate of drug-likeness (QED) is 0.942. The van der Waals surface area contributed by atoms with Crippen molar-refractivity contribution in [1.29, 1.82) is 0 Å². The van der Waals surface area contributed by atoms with Gasteiger partial charge in [-0.15, -0.1) is 11.3 Å². The lowest BCUT2D eigenvalue weighted by atomic mass is 9.74. The van der Waals surface area contributed by atoms with Gasteiger partial charge in [-0.1, -0.05) is 20.8 Å². The molecule has 0 saturated carbocycles. The fraction of sp³-hybridized carbons (Fsp3) is 0.533. The van der Waals surface area contributed by atoms with Crippen LogP contribution in [0.3, 0.4) is 0 Å². The second-order valence-corrected chi connectivity index (χ2v) is 7.00. The second-order valence-electron chi connectivity index (χ2n) is 6.12. The molecule has 20 heavy (non-hydrogen) atoms. The molecule has 0 aliphatic heterocycles. The molecule has 4 nitrogen and oxygen atoms in total. The molecule has 1 aliphatic rings. The third kappa shape index (κ3) is 2.60. The molecule has 0 bridgehead atoms. The van der Waals surface area contributed by atoms with E-state index in [0.717, 1.165) is 30.1 Å². The first-order chi connectivity index (χ1) is 9.59. The van der Waals surface area contributed by atoms with Crippen molar-refractivity contribution in [2.24, 2.45) is 5.41 Å². The molecular formula is C15H20N4S. The number of hydrogen-bond acceptors (Lipinski definition) is 5. The Bertz CT molecular complexity index is 592. The smallest absolute Gasteiger partial charge is 0.171 e. The Morgan fingerprint density at radius 1 is 1.40 bits per heavy atom. The maximum Gasteiger partial charge on any atom is 0.171 e. The molecule has 1 unspecified atom stereocenters. The highest BCUT2D eigenvalue weighted by Crippen LogP contribution is 2.40. The van der Waals surface area contributed by atoms with Crippen LogP contribution in [0.2, 0.25) is 0 Å². The first-order valence-electron chi connectivity index (χ1n) is 7.07. The second kappa shape index (κ2) is 5.22. The Labute approximate surface area is 123 Å². The number of rotatable bonds is 3. The molecule has 1 atom stereocenters. The topological polar surface area (TPSA) is 50.7 Å². The van der Waals surface area contributed by atoms with Crippen LogP contribution in [0.1, 0.15) is 44.5 Å². The standard InChI is InChI=1S/C15H20N4S/c1-4-17-11-5-15(2,3)6-12-10(11)7-18-14(19-12)13-8-16-9-20-13/h7-9,11,17H,4-6H2,1-3H3. The molecule has 2 heterocycles. The molecule has 5 heteroatoms. The number of hydrogen-bond donors (Lipinski definition) is 1. The highest BCUT2D eigenvalue weighted by atomic mass is 32.1. The summed E-state index contributed by atoms with van der Waals surface area (Å²) in [6.07, 6.45) is 5.98. The van der Waals surface area contributed by atoms with Crippen LogP contribution in [0.4, 0.5) is 0 Å². The summed E-state index contributed by atoms with van der Waals surface area (Å²) in [6.45, 7) is 7.74. The van der Waals surface area contributed by atoms with Gasteiger partial charge < -0.3 is 5.32 Å². The van der Waals surface area contributed by atoms with Crippen molar-refractivity contribution >= 4 is 11.3 Å². The van der Waals surface area contributed by atoms with Crippen LogP contribution in [0.25, 0.3) is 10.7 Å². The lowest BCUT2D eigenvalue weighted by Gasteiger charge is -2.36. The van der Waals surface area contributed by atoms with Crippen LogP contribution in [0.15, 0.2) is 17.9 Å². The van der Waals surface area contributed by atoms with Crippen LogP contribution in [0.5, 0.6) is 0 Å². The third-order valence-corrected chi connectivity index (χ3v) is 4.55. The molecule has 2 aromatic heterocycles. The van der Waals surface area contributed by atoms with Gasteiger partial charge in [0.05, 0.1) is 10.4 Å². The van der Waals surface area contributed by atoms with Gasteiger partial charge in [0.1, 0.15) is 0 Å². The summed E-state index contributed by atoms with van der Waals surface area (Å²) in [7, 11) is 0. The van der Waals surface area contributed by atoms with Crippen LogP contribution in [-0.4, -0.2) is 21.5 Å². The van der Waals surface area contributed by atoms with Gasteiger partial charge in [-0.25, -0.2) is 9.97 Å². The van der Waals surface area contributed by atoms with Crippen LogP contribution < -0.4 is 5.32 Å². The first kappa shape index (κ1) is 13.6. The van der Waals surface area contributed by atoms with Crippen molar-refractivity contribution in [3.05, 3.63) is 29.2 Å². The van der Waals surface area contributed by atoms with E-state index in [0.29, 0.717) is 6.04 Å². The minimum atomic E-state index is 0.277. The van der Waals surface area contributed by atoms with Crippen LogP contribution >= 0.6 is 11.3 Å². The van der Waals surface area contributed by atoms with Crippen LogP contribution in [-0.2, 0) is 6.42 Å².